The Balaban J connectivity index is 1.53. The molecule has 3 heterocycles. The fourth-order valence-corrected chi connectivity index (χ4v) is 4.52. The molecule has 19 heavy (non-hydrogen) atoms. The molecule has 6 nitrogen and oxygen atoms in total. The molecule has 7 heteroatoms. The lowest BCUT2D eigenvalue weighted by molar-refractivity contribution is 0.375. The van der Waals surface area contributed by atoms with Crippen molar-refractivity contribution in [2.24, 2.45) is 5.92 Å². The molecule has 0 saturated carbocycles. The highest BCUT2D eigenvalue weighted by Gasteiger charge is 2.28. The number of aryl methyl sites for hydroxylation is 1. The molecular formula is C12H20N4O2S. The zero-order valence-electron chi connectivity index (χ0n) is 11.1. The van der Waals surface area contributed by atoms with Crippen LogP contribution in [0, 0.1) is 12.8 Å². The summed E-state index contributed by atoms with van der Waals surface area (Å²) in [6.45, 7) is 4.63. The standard InChI is InChI=1S/C12H20N4O2S/c1-9-4-12-14-6-10(7-16(12)15-9)5-13-11-2-3-19(17,18)8-11/h4,10-11,13-14H,2-3,5-8H2,1H3/t10-,11-/m1/s1. The molecule has 0 amide bonds. The lowest BCUT2D eigenvalue weighted by Gasteiger charge is -2.26. The van der Waals surface area contributed by atoms with Crippen molar-refractivity contribution in [2.45, 2.75) is 25.9 Å². The van der Waals surface area contributed by atoms with Gasteiger partial charge in [0.05, 0.1) is 17.2 Å². The van der Waals surface area contributed by atoms with Crippen molar-refractivity contribution in [1.29, 1.82) is 0 Å². The van der Waals surface area contributed by atoms with Crippen LogP contribution in [0.25, 0.3) is 0 Å². The first kappa shape index (κ1) is 12.9. The van der Waals surface area contributed by atoms with Crippen molar-refractivity contribution in [3.8, 4) is 0 Å². The van der Waals surface area contributed by atoms with Crippen LogP contribution in [0.5, 0.6) is 0 Å². The lowest BCUT2D eigenvalue weighted by atomic mass is 10.1. The molecule has 2 N–H and O–H groups in total. The van der Waals surface area contributed by atoms with Crippen LogP contribution in [0.4, 0.5) is 5.82 Å². The highest BCUT2D eigenvalue weighted by molar-refractivity contribution is 7.91. The number of sulfone groups is 1. The summed E-state index contributed by atoms with van der Waals surface area (Å²) in [5.41, 5.74) is 1.03. The van der Waals surface area contributed by atoms with E-state index < -0.39 is 9.84 Å². The molecule has 2 aliphatic rings. The molecule has 1 aromatic heterocycles. The molecule has 0 aromatic carbocycles. The Morgan fingerprint density at radius 2 is 2.42 bits per heavy atom. The maximum absolute atomic E-state index is 11.4. The molecule has 106 valence electrons. The Morgan fingerprint density at radius 3 is 3.16 bits per heavy atom. The Kier molecular flexibility index (Phi) is 3.26. The Hall–Kier alpha value is -1.08. The molecule has 0 aliphatic carbocycles. The van der Waals surface area contributed by atoms with Gasteiger partial charge in [-0.3, -0.25) is 0 Å². The molecular weight excluding hydrogens is 264 g/mol. The molecule has 0 spiro atoms. The number of anilines is 1. The number of hydrogen-bond acceptors (Lipinski definition) is 5. The second-order valence-corrected chi connectivity index (χ2v) is 7.84. The quantitative estimate of drug-likeness (QED) is 0.818. The fraction of sp³-hybridized carbons (Fsp3) is 0.750. The van der Waals surface area contributed by atoms with Crippen LogP contribution in [0.1, 0.15) is 12.1 Å². The number of hydrogen-bond donors (Lipinski definition) is 2. The summed E-state index contributed by atoms with van der Waals surface area (Å²) >= 11 is 0. The Labute approximate surface area is 113 Å². The first-order chi connectivity index (χ1) is 9.02. The summed E-state index contributed by atoms with van der Waals surface area (Å²) < 4.78 is 24.8. The Morgan fingerprint density at radius 1 is 1.58 bits per heavy atom. The first-order valence-corrected chi connectivity index (χ1v) is 8.56. The maximum atomic E-state index is 11.4. The molecule has 1 saturated heterocycles. The van der Waals surface area contributed by atoms with Gasteiger partial charge in [-0.05, 0) is 13.3 Å². The van der Waals surface area contributed by atoms with Gasteiger partial charge in [0.2, 0.25) is 0 Å². The smallest absolute Gasteiger partial charge is 0.151 e. The van der Waals surface area contributed by atoms with Crippen LogP contribution < -0.4 is 10.6 Å². The van der Waals surface area contributed by atoms with Crippen LogP contribution in [0.2, 0.25) is 0 Å². The highest BCUT2D eigenvalue weighted by atomic mass is 32.2. The van der Waals surface area contributed by atoms with Crippen LogP contribution >= 0.6 is 0 Å². The van der Waals surface area contributed by atoms with E-state index in [0.29, 0.717) is 17.4 Å². The van der Waals surface area contributed by atoms with Gasteiger partial charge in [-0.1, -0.05) is 0 Å². The number of nitrogens with zero attached hydrogens (tertiary/aromatic N) is 2. The zero-order chi connectivity index (χ0) is 13.5. The molecule has 0 bridgehead atoms. The van der Waals surface area contributed by atoms with E-state index >= 15 is 0 Å². The molecule has 2 atom stereocenters. The van der Waals surface area contributed by atoms with Crippen molar-refractivity contribution in [3.63, 3.8) is 0 Å². The van der Waals surface area contributed by atoms with Crippen LogP contribution in [0.15, 0.2) is 6.07 Å². The van der Waals surface area contributed by atoms with Crippen molar-refractivity contribution >= 4 is 15.7 Å². The van der Waals surface area contributed by atoms with Gasteiger partial charge in [0, 0.05) is 37.7 Å². The normalized spacial score (nSPS) is 28.9. The largest absolute Gasteiger partial charge is 0.370 e. The van der Waals surface area contributed by atoms with Gasteiger partial charge < -0.3 is 10.6 Å². The number of aromatic nitrogens is 2. The van der Waals surface area contributed by atoms with Crippen molar-refractivity contribution < 1.29 is 8.42 Å². The van der Waals surface area contributed by atoms with Gasteiger partial charge in [0.25, 0.3) is 0 Å². The summed E-state index contributed by atoms with van der Waals surface area (Å²) in [5, 5.41) is 11.2. The van der Waals surface area contributed by atoms with E-state index in [1.165, 1.54) is 0 Å². The minimum absolute atomic E-state index is 0.130. The average molecular weight is 284 g/mol. The minimum atomic E-state index is -2.79. The molecule has 2 aliphatic heterocycles. The van der Waals surface area contributed by atoms with Gasteiger partial charge in [-0.25, -0.2) is 13.1 Å². The van der Waals surface area contributed by atoms with E-state index in [0.717, 1.165) is 37.6 Å². The monoisotopic (exact) mass is 284 g/mol. The third-order valence-corrected chi connectivity index (χ3v) is 5.60. The van der Waals surface area contributed by atoms with Crippen molar-refractivity contribution in [1.82, 2.24) is 15.1 Å². The van der Waals surface area contributed by atoms with Crippen LogP contribution in [-0.2, 0) is 16.4 Å². The summed E-state index contributed by atoms with van der Waals surface area (Å²) in [6, 6.07) is 2.18. The first-order valence-electron chi connectivity index (χ1n) is 6.74. The summed E-state index contributed by atoms with van der Waals surface area (Å²) in [6.07, 6.45) is 0.745. The molecule has 1 fully saturated rings. The molecule has 3 rings (SSSR count). The predicted octanol–water partition coefficient (Wildman–Crippen LogP) is 0.00992. The molecule has 0 radical (unpaired) electrons. The van der Waals surface area contributed by atoms with E-state index in [1.54, 1.807) is 0 Å². The fourth-order valence-electron chi connectivity index (χ4n) is 2.81. The summed E-state index contributed by atoms with van der Waals surface area (Å²) in [7, 11) is -2.79. The van der Waals surface area contributed by atoms with Gasteiger partial charge in [0.1, 0.15) is 5.82 Å². The molecule has 1 aromatic rings. The second-order valence-electron chi connectivity index (χ2n) is 5.61. The topological polar surface area (TPSA) is 76.0 Å². The third-order valence-electron chi connectivity index (χ3n) is 3.83. The minimum Gasteiger partial charge on any atom is -0.370 e. The summed E-state index contributed by atoms with van der Waals surface area (Å²) in [4.78, 5) is 0. The van der Waals surface area contributed by atoms with E-state index in [-0.39, 0.29) is 6.04 Å². The number of rotatable bonds is 3. The van der Waals surface area contributed by atoms with Gasteiger partial charge in [0.15, 0.2) is 9.84 Å². The Bertz CT molecular complexity index is 566. The predicted molar refractivity (Wildman–Crippen MR) is 74.0 cm³/mol. The van der Waals surface area contributed by atoms with Gasteiger partial charge in [-0.15, -0.1) is 0 Å². The lowest BCUT2D eigenvalue weighted by Crippen LogP contribution is -2.40. The van der Waals surface area contributed by atoms with Gasteiger partial charge in [-0.2, -0.15) is 5.10 Å². The second kappa shape index (κ2) is 4.79. The van der Waals surface area contributed by atoms with E-state index in [2.05, 4.69) is 15.7 Å². The summed E-state index contributed by atoms with van der Waals surface area (Å²) in [5.74, 6) is 2.15. The average Bonchev–Trinajstić information content (AvgIpc) is 2.87. The van der Waals surface area contributed by atoms with E-state index in [1.807, 2.05) is 17.7 Å². The van der Waals surface area contributed by atoms with Crippen LogP contribution in [-0.4, -0.2) is 48.8 Å². The SMILES string of the molecule is Cc1cc2n(n1)C[C@H](CN[C@@H]1CCS(=O)(=O)C1)CN2. The van der Waals surface area contributed by atoms with E-state index in [4.69, 9.17) is 0 Å². The van der Waals surface area contributed by atoms with E-state index in [9.17, 15) is 8.42 Å². The van der Waals surface area contributed by atoms with Crippen LogP contribution in [0.3, 0.4) is 0 Å². The maximum Gasteiger partial charge on any atom is 0.151 e. The zero-order valence-corrected chi connectivity index (χ0v) is 11.9. The van der Waals surface area contributed by atoms with Crippen molar-refractivity contribution in [3.05, 3.63) is 11.8 Å². The number of nitrogens with one attached hydrogen (secondary N) is 2. The van der Waals surface area contributed by atoms with Crippen molar-refractivity contribution in [2.75, 3.05) is 29.9 Å². The molecule has 0 unspecified atom stereocenters. The third kappa shape index (κ3) is 2.92. The highest BCUT2D eigenvalue weighted by Crippen LogP contribution is 2.18. The van der Waals surface area contributed by atoms with Gasteiger partial charge >= 0.3 is 0 Å². The number of fused-ring (bicyclic) bond motifs is 1.